The number of Topliss-reactive ketones (excluding diaryl/α,β-unsaturated/α-hetero) is 1. The second kappa shape index (κ2) is 7.60. The van der Waals surface area contributed by atoms with E-state index in [9.17, 15) is 9.59 Å². The smallest absolute Gasteiger partial charge is 0.241 e. The van der Waals surface area contributed by atoms with Gasteiger partial charge in [-0.3, -0.25) is 14.5 Å². The van der Waals surface area contributed by atoms with Crippen molar-refractivity contribution in [2.24, 2.45) is 5.73 Å². The molecule has 2 aliphatic heterocycles. The first-order valence-corrected chi connectivity index (χ1v) is 9.63. The van der Waals surface area contributed by atoms with Gasteiger partial charge in [0.15, 0.2) is 5.78 Å². The molecule has 4 rings (SSSR count). The maximum Gasteiger partial charge on any atom is 0.241 e. The number of hydrogen-bond acceptors (Lipinski definition) is 4. The van der Waals surface area contributed by atoms with Gasteiger partial charge < -0.3 is 10.5 Å². The van der Waals surface area contributed by atoms with Crippen molar-refractivity contribution < 1.29 is 14.3 Å². The van der Waals surface area contributed by atoms with Crippen LogP contribution in [0.4, 0.5) is 0 Å². The molecule has 0 atom stereocenters. The van der Waals surface area contributed by atoms with Crippen LogP contribution >= 0.6 is 0 Å². The molecule has 1 fully saturated rings. The molecule has 0 bridgehead atoms. The Bertz CT molecular complexity index is 913. The average molecular weight is 376 g/mol. The van der Waals surface area contributed by atoms with Gasteiger partial charge in [-0.05, 0) is 29.3 Å². The first kappa shape index (κ1) is 18.4. The quantitative estimate of drug-likeness (QED) is 0.832. The lowest BCUT2D eigenvalue weighted by molar-refractivity contribution is -0.113. The van der Waals surface area contributed by atoms with Crippen LogP contribution in [0.2, 0.25) is 0 Å². The number of amides is 1. The molecule has 5 nitrogen and oxygen atoms in total. The van der Waals surface area contributed by atoms with Crippen molar-refractivity contribution in [1.82, 2.24) is 4.90 Å². The van der Waals surface area contributed by atoms with E-state index >= 15 is 0 Å². The molecule has 1 spiro atoms. The van der Waals surface area contributed by atoms with Crippen LogP contribution in [0.25, 0.3) is 6.08 Å². The minimum absolute atomic E-state index is 0.128. The summed E-state index contributed by atoms with van der Waals surface area (Å²) in [5.74, 6) is 0.236. The molecule has 0 aliphatic carbocycles. The van der Waals surface area contributed by atoms with E-state index < -0.39 is 11.5 Å². The predicted octanol–water partition coefficient (Wildman–Crippen LogP) is 3.19. The first-order chi connectivity index (χ1) is 13.5. The van der Waals surface area contributed by atoms with Gasteiger partial charge in [0.1, 0.15) is 11.4 Å². The number of piperidine rings is 1. The average Bonchev–Trinajstić information content (AvgIpc) is 2.69. The Hall–Kier alpha value is -2.92. The minimum atomic E-state index is -0.503. The molecule has 0 radical (unpaired) electrons. The van der Waals surface area contributed by atoms with Gasteiger partial charge >= 0.3 is 0 Å². The van der Waals surface area contributed by atoms with Crippen LogP contribution in [0.15, 0.2) is 54.6 Å². The predicted molar refractivity (Wildman–Crippen MR) is 108 cm³/mol. The second-order valence-electron chi connectivity index (χ2n) is 7.64. The highest BCUT2D eigenvalue weighted by Gasteiger charge is 2.42. The number of nitrogens with two attached hydrogens (primary N) is 1. The van der Waals surface area contributed by atoms with Crippen LogP contribution in [0.5, 0.6) is 5.75 Å². The fraction of sp³-hybridized carbons (Fsp3) is 0.304. The van der Waals surface area contributed by atoms with Crippen LogP contribution in [0.1, 0.15) is 40.7 Å². The second-order valence-corrected chi connectivity index (χ2v) is 7.64. The molecule has 1 amide bonds. The summed E-state index contributed by atoms with van der Waals surface area (Å²) in [5, 5.41) is 0. The van der Waals surface area contributed by atoms with E-state index in [4.69, 9.17) is 10.5 Å². The zero-order valence-electron chi connectivity index (χ0n) is 15.8. The van der Waals surface area contributed by atoms with Crippen LogP contribution < -0.4 is 10.5 Å². The summed E-state index contributed by atoms with van der Waals surface area (Å²) in [6, 6.07) is 15.8. The normalized spacial score (nSPS) is 18.8. The molecule has 2 aromatic carbocycles. The van der Waals surface area contributed by atoms with Crippen LogP contribution in [0.3, 0.4) is 0 Å². The molecule has 1 saturated heterocycles. The van der Waals surface area contributed by atoms with E-state index in [-0.39, 0.29) is 5.78 Å². The number of hydrogen-bond donors (Lipinski definition) is 1. The third-order valence-corrected chi connectivity index (χ3v) is 5.57. The number of benzene rings is 2. The van der Waals surface area contributed by atoms with Gasteiger partial charge in [-0.1, -0.05) is 36.4 Å². The van der Waals surface area contributed by atoms with E-state index in [0.717, 1.165) is 38.0 Å². The van der Waals surface area contributed by atoms with Crippen molar-refractivity contribution >= 4 is 17.8 Å². The van der Waals surface area contributed by atoms with Crippen molar-refractivity contribution in [3.63, 3.8) is 0 Å². The maximum atomic E-state index is 12.7. The Morgan fingerprint density at radius 2 is 1.89 bits per heavy atom. The van der Waals surface area contributed by atoms with Crippen molar-refractivity contribution in [2.75, 3.05) is 13.1 Å². The summed E-state index contributed by atoms with van der Waals surface area (Å²) in [7, 11) is 0. The molecule has 144 valence electrons. The standard InChI is InChI=1S/C23H24N2O3/c24-22(27)9-7-17-6-8-19-20(26)15-23(28-21(19)14-17)10-12-25(13-11-23)16-18-4-2-1-3-5-18/h1-9,14H,10-13,15-16H2,(H2,24,27)/b9-7+. The lowest BCUT2D eigenvalue weighted by Crippen LogP contribution is -2.50. The number of rotatable bonds is 4. The lowest BCUT2D eigenvalue weighted by atomic mass is 9.82. The van der Waals surface area contributed by atoms with Gasteiger partial charge in [-0.2, -0.15) is 0 Å². The van der Waals surface area contributed by atoms with Gasteiger partial charge in [-0.25, -0.2) is 0 Å². The highest BCUT2D eigenvalue weighted by molar-refractivity contribution is 6.00. The van der Waals surface area contributed by atoms with E-state index in [1.54, 1.807) is 18.2 Å². The van der Waals surface area contributed by atoms with E-state index in [1.165, 1.54) is 11.6 Å². The summed E-state index contributed by atoms with van der Waals surface area (Å²) in [6.45, 7) is 2.72. The third kappa shape index (κ3) is 3.99. The molecule has 2 heterocycles. The van der Waals surface area contributed by atoms with Gasteiger partial charge in [0, 0.05) is 38.6 Å². The summed E-state index contributed by atoms with van der Waals surface area (Å²) in [4.78, 5) is 26.1. The van der Waals surface area contributed by atoms with Gasteiger partial charge in [0.2, 0.25) is 5.91 Å². The molecular weight excluding hydrogens is 352 g/mol. The number of primary amides is 1. The summed E-state index contributed by atoms with van der Waals surface area (Å²) >= 11 is 0. The monoisotopic (exact) mass is 376 g/mol. The van der Waals surface area contributed by atoms with Crippen molar-refractivity contribution in [3.05, 3.63) is 71.3 Å². The number of ether oxygens (including phenoxy) is 1. The molecule has 5 heteroatoms. The molecule has 2 aliphatic rings. The van der Waals surface area contributed by atoms with Gasteiger partial charge in [0.05, 0.1) is 12.0 Å². The largest absolute Gasteiger partial charge is 0.486 e. The minimum Gasteiger partial charge on any atom is -0.486 e. The maximum absolute atomic E-state index is 12.7. The van der Waals surface area contributed by atoms with Crippen molar-refractivity contribution in [3.8, 4) is 5.75 Å². The van der Waals surface area contributed by atoms with Crippen LogP contribution in [-0.4, -0.2) is 35.3 Å². The zero-order chi connectivity index (χ0) is 19.6. The zero-order valence-corrected chi connectivity index (χ0v) is 15.8. The van der Waals surface area contributed by atoms with Crippen molar-refractivity contribution in [2.45, 2.75) is 31.4 Å². The van der Waals surface area contributed by atoms with Gasteiger partial charge in [-0.15, -0.1) is 0 Å². The highest BCUT2D eigenvalue weighted by atomic mass is 16.5. The molecule has 2 aromatic rings. The Kier molecular flexibility index (Phi) is 5.01. The number of ketones is 1. The third-order valence-electron chi connectivity index (χ3n) is 5.57. The molecule has 0 unspecified atom stereocenters. The van der Waals surface area contributed by atoms with Crippen LogP contribution in [0, 0.1) is 0 Å². The molecular formula is C23H24N2O3. The summed E-state index contributed by atoms with van der Waals surface area (Å²) in [5.41, 5.74) is 7.45. The number of fused-ring (bicyclic) bond motifs is 1. The Morgan fingerprint density at radius 3 is 2.61 bits per heavy atom. The van der Waals surface area contributed by atoms with Crippen molar-refractivity contribution in [1.29, 1.82) is 0 Å². The molecule has 28 heavy (non-hydrogen) atoms. The van der Waals surface area contributed by atoms with E-state index in [0.29, 0.717) is 17.7 Å². The number of carbonyl (C=O) groups is 2. The number of carbonyl (C=O) groups excluding carboxylic acids is 2. The fourth-order valence-electron chi connectivity index (χ4n) is 4.03. The van der Waals surface area contributed by atoms with Crippen LogP contribution in [-0.2, 0) is 11.3 Å². The lowest BCUT2D eigenvalue weighted by Gasteiger charge is -2.44. The van der Waals surface area contributed by atoms with E-state index in [2.05, 4.69) is 29.2 Å². The molecule has 0 aromatic heterocycles. The van der Waals surface area contributed by atoms with E-state index in [1.807, 2.05) is 12.1 Å². The molecule has 2 N–H and O–H groups in total. The molecule has 0 saturated carbocycles. The summed E-state index contributed by atoms with van der Waals surface area (Å²) < 4.78 is 6.38. The fourth-order valence-corrected chi connectivity index (χ4v) is 4.03. The Balaban J connectivity index is 1.47. The van der Waals surface area contributed by atoms with Gasteiger partial charge in [0.25, 0.3) is 0 Å². The number of nitrogens with zero attached hydrogens (tertiary/aromatic N) is 1. The highest BCUT2D eigenvalue weighted by Crippen LogP contribution is 2.40. The topological polar surface area (TPSA) is 72.6 Å². The number of likely N-dealkylation sites (tertiary alicyclic amines) is 1. The Morgan fingerprint density at radius 1 is 1.14 bits per heavy atom. The first-order valence-electron chi connectivity index (χ1n) is 9.63. The Labute approximate surface area is 164 Å². The summed E-state index contributed by atoms with van der Waals surface area (Å²) in [6.07, 6.45) is 5.03. The SMILES string of the molecule is NC(=O)/C=C/c1ccc2c(c1)OC1(CCN(Cc3ccccc3)CC1)CC2=O.